The topological polar surface area (TPSA) is 89.9 Å². The molecule has 0 saturated carbocycles. The average molecular weight is 286 g/mol. The summed E-state index contributed by atoms with van der Waals surface area (Å²) in [5.41, 5.74) is 0. The van der Waals surface area contributed by atoms with Crippen LogP contribution in [0.5, 0.6) is 0 Å². The van der Waals surface area contributed by atoms with E-state index in [9.17, 15) is 9.59 Å². The zero-order chi connectivity index (χ0) is 14.4. The molecule has 0 aromatic carbocycles. The second-order valence-electron chi connectivity index (χ2n) is 4.34. The van der Waals surface area contributed by atoms with Crippen LogP contribution in [0.25, 0.3) is 0 Å². The van der Waals surface area contributed by atoms with E-state index in [0.717, 1.165) is 4.88 Å². The fourth-order valence-electron chi connectivity index (χ4n) is 1.43. The number of aliphatic hydroxyl groups excluding tert-OH is 1. The van der Waals surface area contributed by atoms with Crippen LogP contribution in [-0.4, -0.2) is 45.8 Å². The van der Waals surface area contributed by atoms with Crippen molar-refractivity contribution in [1.29, 1.82) is 0 Å². The number of rotatable bonds is 6. The Morgan fingerprint density at radius 3 is 2.63 bits per heavy atom. The standard InChI is InChI=1S/C12H18N2O4S/c1-8(2)14(7-9-4-3-5-19-9)12(18)13-6-10(15)11(16)17/h3-5,8,10,15H,6-7H2,1-2H3,(H,13,18)(H,16,17). The van der Waals surface area contributed by atoms with Gasteiger partial charge in [-0.15, -0.1) is 11.3 Å². The van der Waals surface area contributed by atoms with Crippen LogP contribution >= 0.6 is 11.3 Å². The molecule has 2 amide bonds. The predicted molar refractivity (Wildman–Crippen MR) is 72.0 cm³/mol. The molecule has 0 bridgehead atoms. The van der Waals surface area contributed by atoms with Gasteiger partial charge in [0, 0.05) is 10.9 Å². The van der Waals surface area contributed by atoms with Crippen molar-refractivity contribution in [3.63, 3.8) is 0 Å². The predicted octanol–water partition coefficient (Wildman–Crippen LogP) is 1.11. The van der Waals surface area contributed by atoms with Crippen LogP contribution in [-0.2, 0) is 11.3 Å². The van der Waals surface area contributed by atoms with Crippen molar-refractivity contribution in [1.82, 2.24) is 10.2 Å². The summed E-state index contributed by atoms with van der Waals surface area (Å²) in [7, 11) is 0. The first-order chi connectivity index (χ1) is 8.91. The Kier molecular flexibility index (Phi) is 5.78. The molecule has 0 aliphatic carbocycles. The van der Waals surface area contributed by atoms with E-state index in [2.05, 4.69) is 5.32 Å². The molecule has 0 aliphatic rings. The zero-order valence-electron chi connectivity index (χ0n) is 10.9. The second-order valence-corrected chi connectivity index (χ2v) is 5.37. The summed E-state index contributed by atoms with van der Waals surface area (Å²) in [6.45, 7) is 3.91. The molecule has 1 heterocycles. The molecule has 0 saturated heterocycles. The van der Waals surface area contributed by atoms with Gasteiger partial charge in [-0.1, -0.05) is 6.07 Å². The minimum absolute atomic E-state index is 0.0240. The number of carbonyl (C=O) groups excluding carboxylic acids is 1. The monoisotopic (exact) mass is 286 g/mol. The van der Waals surface area contributed by atoms with Crippen LogP contribution in [0, 0.1) is 0 Å². The molecular weight excluding hydrogens is 268 g/mol. The van der Waals surface area contributed by atoms with Crippen molar-refractivity contribution in [2.75, 3.05) is 6.54 Å². The van der Waals surface area contributed by atoms with Gasteiger partial charge in [0.25, 0.3) is 0 Å². The summed E-state index contributed by atoms with van der Waals surface area (Å²) in [6.07, 6.45) is -1.58. The number of amides is 2. The summed E-state index contributed by atoms with van der Waals surface area (Å²) >= 11 is 1.55. The van der Waals surface area contributed by atoms with Crippen molar-refractivity contribution in [3.05, 3.63) is 22.4 Å². The highest BCUT2D eigenvalue weighted by molar-refractivity contribution is 7.09. The van der Waals surface area contributed by atoms with Crippen molar-refractivity contribution >= 4 is 23.3 Å². The molecular formula is C12H18N2O4S. The lowest BCUT2D eigenvalue weighted by Gasteiger charge is -2.26. The summed E-state index contributed by atoms with van der Waals surface area (Å²) in [6, 6.07) is 3.43. The van der Waals surface area contributed by atoms with E-state index in [4.69, 9.17) is 10.2 Å². The lowest BCUT2D eigenvalue weighted by Crippen LogP contribution is -2.46. The van der Waals surface area contributed by atoms with E-state index < -0.39 is 12.1 Å². The number of carbonyl (C=O) groups is 2. The van der Waals surface area contributed by atoms with E-state index in [1.165, 1.54) is 0 Å². The van der Waals surface area contributed by atoms with Crippen LogP contribution in [0.1, 0.15) is 18.7 Å². The van der Waals surface area contributed by atoms with Crippen LogP contribution in [0.4, 0.5) is 4.79 Å². The molecule has 106 valence electrons. The summed E-state index contributed by atoms with van der Waals surface area (Å²) < 4.78 is 0. The number of hydrogen-bond donors (Lipinski definition) is 3. The lowest BCUT2D eigenvalue weighted by atomic mass is 10.3. The van der Waals surface area contributed by atoms with Gasteiger partial charge in [-0.25, -0.2) is 9.59 Å². The van der Waals surface area contributed by atoms with E-state index in [0.29, 0.717) is 6.54 Å². The van der Waals surface area contributed by atoms with Crippen LogP contribution in [0.3, 0.4) is 0 Å². The largest absolute Gasteiger partial charge is 0.479 e. The average Bonchev–Trinajstić information content (AvgIpc) is 2.84. The number of urea groups is 1. The molecule has 0 aliphatic heterocycles. The van der Waals surface area contributed by atoms with E-state index in [-0.39, 0.29) is 18.6 Å². The van der Waals surface area contributed by atoms with Gasteiger partial charge in [0.15, 0.2) is 6.10 Å². The molecule has 3 N–H and O–H groups in total. The molecule has 1 aromatic rings. The summed E-state index contributed by atoms with van der Waals surface area (Å²) in [5, 5.41) is 22.0. The van der Waals surface area contributed by atoms with Gasteiger partial charge < -0.3 is 20.4 Å². The maximum Gasteiger partial charge on any atom is 0.334 e. The third-order valence-corrected chi connectivity index (χ3v) is 3.38. The highest BCUT2D eigenvalue weighted by Crippen LogP contribution is 2.13. The Morgan fingerprint density at radius 1 is 1.47 bits per heavy atom. The fourth-order valence-corrected chi connectivity index (χ4v) is 2.13. The molecule has 19 heavy (non-hydrogen) atoms. The van der Waals surface area contributed by atoms with Gasteiger partial charge in [0.2, 0.25) is 0 Å². The van der Waals surface area contributed by atoms with Crippen LogP contribution < -0.4 is 5.32 Å². The summed E-state index contributed by atoms with van der Waals surface area (Å²) in [4.78, 5) is 25.0. The highest BCUT2D eigenvalue weighted by Gasteiger charge is 2.20. The SMILES string of the molecule is CC(C)N(Cc1cccs1)C(=O)NCC(O)C(=O)O. The van der Waals surface area contributed by atoms with E-state index in [1.54, 1.807) is 16.2 Å². The number of aliphatic hydroxyl groups is 1. The zero-order valence-corrected chi connectivity index (χ0v) is 11.7. The number of hydrogen-bond acceptors (Lipinski definition) is 4. The molecule has 1 atom stereocenters. The number of aliphatic carboxylic acids is 1. The van der Waals surface area contributed by atoms with Crippen LogP contribution in [0.15, 0.2) is 17.5 Å². The summed E-state index contributed by atoms with van der Waals surface area (Å²) in [5.74, 6) is -1.35. The normalized spacial score (nSPS) is 12.2. The van der Waals surface area contributed by atoms with Crippen molar-refractivity contribution in [2.45, 2.75) is 32.5 Å². The molecule has 6 nitrogen and oxygen atoms in total. The van der Waals surface area contributed by atoms with Gasteiger partial charge in [-0.3, -0.25) is 0 Å². The van der Waals surface area contributed by atoms with Crippen molar-refractivity contribution < 1.29 is 19.8 Å². The smallest absolute Gasteiger partial charge is 0.334 e. The first kappa shape index (κ1) is 15.5. The van der Waals surface area contributed by atoms with Gasteiger partial charge in [0.05, 0.1) is 13.1 Å². The van der Waals surface area contributed by atoms with Crippen molar-refractivity contribution in [3.8, 4) is 0 Å². The van der Waals surface area contributed by atoms with Gasteiger partial charge in [-0.05, 0) is 25.3 Å². The molecule has 0 radical (unpaired) electrons. The maximum absolute atomic E-state index is 12.0. The quantitative estimate of drug-likeness (QED) is 0.731. The molecule has 1 rings (SSSR count). The minimum atomic E-state index is -1.58. The lowest BCUT2D eigenvalue weighted by molar-refractivity contribution is -0.146. The van der Waals surface area contributed by atoms with Crippen LogP contribution in [0.2, 0.25) is 0 Å². The second kappa shape index (κ2) is 7.10. The number of nitrogens with one attached hydrogen (secondary N) is 1. The molecule has 0 spiro atoms. The number of nitrogens with zero attached hydrogens (tertiary/aromatic N) is 1. The fraction of sp³-hybridized carbons (Fsp3) is 0.500. The first-order valence-corrected chi connectivity index (χ1v) is 6.77. The molecule has 0 fully saturated rings. The Balaban J connectivity index is 2.56. The van der Waals surface area contributed by atoms with E-state index >= 15 is 0 Å². The van der Waals surface area contributed by atoms with Gasteiger partial charge in [-0.2, -0.15) is 0 Å². The number of thiophene rings is 1. The molecule has 7 heteroatoms. The first-order valence-electron chi connectivity index (χ1n) is 5.89. The Bertz CT molecular complexity index is 419. The maximum atomic E-state index is 12.0. The van der Waals surface area contributed by atoms with Crippen molar-refractivity contribution in [2.24, 2.45) is 0 Å². The molecule has 1 aromatic heterocycles. The Morgan fingerprint density at radius 2 is 2.16 bits per heavy atom. The number of carboxylic acid groups (broad SMARTS) is 1. The minimum Gasteiger partial charge on any atom is -0.479 e. The number of carboxylic acids is 1. The Hall–Kier alpha value is -1.60. The molecule has 1 unspecified atom stereocenters. The van der Waals surface area contributed by atoms with Gasteiger partial charge in [0.1, 0.15) is 0 Å². The Labute approximate surface area is 115 Å². The third kappa shape index (κ3) is 4.88. The van der Waals surface area contributed by atoms with E-state index in [1.807, 2.05) is 31.4 Å². The third-order valence-electron chi connectivity index (χ3n) is 2.52. The van der Waals surface area contributed by atoms with Gasteiger partial charge >= 0.3 is 12.0 Å². The highest BCUT2D eigenvalue weighted by atomic mass is 32.1.